The van der Waals surface area contributed by atoms with Crippen molar-refractivity contribution in [2.75, 3.05) is 30.3 Å². The minimum Gasteiger partial charge on any atom is -0.489 e. The molecule has 0 aromatic carbocycles. The van der Waals surface area contributed by atoms with Gasteiger partial charge in [-0.25, -0.2) is 15.0 Å². The molecule has 0 saturated carbocycles. The van der Waals surface area contributed by atoms with E-state index in [0.29, 0.717) is 35.6 Å². The van der Waals surface area contributed by atoms with Gasteiger partial charge in [0.05, 0.1) is 12.3 Å². The zero-order chi connectivity index (χ0) is 22.8. The molecule has 3 aromatic heterocycles. The zero-order valence-electron chi connectivity index (χ0n) is 18.2. The Bertz CT molecular complexity index is 1140. The lowest BCUT2D eigenvalue weighted by atomic mass is 9.98. The largest absolute Gasteiger partial charge is 0.489 e. The second kappa shape index (κ2) is 9.07. The summed E-state index contributed by atoms with van der Waals surface area (Å²) in [5, 5.41) is 8.32. The molecule has 1 aliphatic heterocycles. The average Bonchev–Trinajstić information content (AvgIpc) is 3.11. The van der Waals surface area contributed by atoms with Crippen LogP contribution in [0.25, 0.3) is 11.3 Å². The molecular weight excluding hydrogens is 432 g/mol. The van der Waals surface area contributed by atoms with Crippen LogP contribution < -0.4 is 15.4 Å². The number of aromatic nitrogens is 6. The summed E-state index contributed by atoms with van der Waals surface area (Å²) in [6.45, 7) is 5.51. The third-order valence-corrected chi connectivity index (χ3v) is 5.89. The van der Waals surface area contributed by atoms with Crippen LogP contribution >= 0.6 is 11.6 Å². The normalized spacial score (nSPS) is 14.6. The maximum absolute atomic E-state index is 11.7. The first kappa shape index (κ1) is 21.9. The molecule has 10 nitrogen and oxygen atoms in total. The lowest BCUT2D eigenvalue weighted by molar-refractivity contribution is 0.101. The van der Waals surface area contributed by atoms with Crippen molar-refractivity contribution >= 4 is 29.0 Å². The predicted molar refractivity (Wildman–Crippen MR) is 121 cm³/mol. The highest BCUT2D eigenvalue weighted by Crippen LogP contribution is 2.29. The summed E-state index contributed by atoms with van der Waals surface area (Å²) in [5.41, 5.74) is 8.87. The zero-order valence-corrected chi connectivity index (χ0v) is 19.0. The van der Waals surface area contributed by atoms with E-state index in [1.54, 1.807) is 16.9 Å². The van der Waals surface area contributed by atoms with Crippen LogP contribution in [0.2, 0.25) is 5.28 Å². The Hall–Kier alpha value is -3.27. The molecule has 11 heteroatoms. The van der Waals surface area contributed by atoms with Crippen LogP contribution in [0.5, 0.6) is 5.75 Å². The standard InChI is InChI=1S/C21H25ClN8O2/c1-12-19(27-28-29(12)3)15-8-17(20(23)24-10-15)32-11-14-4-6-30(7-5-14)18-9-16(13(2)31)25-21(22)26-18/h8-10,14H,4-7,11H2,1-3H3,(H2,23,24). The molecule has 0 unspecified atom stereocenters. The monoisotopic (exact) mass is 456 g/mol. The van der Waals surface area contributed by atoms with Crippen LogP contribution in [0.1, 0.15) is 35.9 Å². The number of ether oxygens (including phenoxy) is 1. The van der Waals surface area contributed by atoms with Gasteiger partial charge in [0.1, 0.15) is 17.2 Å². The first-order valence-electron chi connectivity index (χ1n) is 10.4. The van der Waals surface area contributed by atoms with Gasteiger partial charge in [0.15, 0.2) is 17.4 Å². The van der Waals surface area contributed by atoms with Gasteiger partial charge in [-0.1, -0.05) is 5.21 Å². The molecule has 2 N–H and O–H groups in total. The van der Waals surface area contributed by atoms with Gasteiger partial charge in [-0.15, -0.1) is 5.10 Å². The molecule has 0 aliphatic carbocycles. The number of ketones is 1. The summed E-state index contributed by atoms with van der Waals surface area (Å²) in [5.74, 6) is 1.79. The quantitative estimate of drug-likeness (QED) is 0.440. The van der Waals surface area contributed by atoms with Gasteiger partial charge in [-0.05, 0) is 43.4 Å². The van der Waals surface area contributed by atoms with Gasteiger partial charge in [0.2, 0.25) is 5.28 Å². The van der Waals surface area contributed by atoms with E-state index in [1.807, 2.05) is 20.0 Å². The number of nitrogen functional groups attached to an aromatic ring is 1. The number of carbonyl (C=O) groups excluding carboxylic acids is 1. The van der Waals surface area contributed by atoms with Crippen LogP contribution in [-0.2, 0) is 7.05 Å². The SMILES string of the molecule is CC(=O)c1cc(N2CCC(COc3cc(-c4nnn(C)c4C)cnc3N)CC2)nc(Cl)n1. The topological polar surface area (TPSA) is 125 Å². The molecule has 0 spiro atoms. The number of hydrogen-bond donors (Lipinski definition) is 1. The summed E-state index contributed by atoms with van der Waals surface area (Å²) in [6, 6.07) is 3.55. The molecule has 4 heterocycles. The number of aryl methyl sites for hydroxylation is 1. The summed E-state index contributed by atoms with van der Waals surface area (Å²) in [6.07, 6.45) is 3.50. The molecule has 1 fully saturated rings. The fourth-order valence-corrected chi connectivity index (χ4v) is 3.83. The fraction of sp³-hybridized carbons (Fsp3) is 0.429. The van der Waals surface area contributed by atoms with Gasteiger partial charge in [0, 0.05) is 44.9 Å². The summed E-state index contributed by atoms with van der Waals surface area (Å²) in [4.78, 5) is 26.3. The number of anilines is 2. The third-order valence-electron chi connectivity index (χ3n) is 5.72. The molecule has 32 heavy (non-hydrogen) atoms. The van der Waals surface area contributed by atoms with Crippen LogP contribution in [0, 0.1) is 12.8 Å². The highest BCUT2D eigenvalue weighted by molar-refractivity contribution is 6.28. The molecule has 0 amide bonds. The Morgan fingerprint density at radius 1 is 1.28 bits per heavy atom. The minimum atomic E-state index is -0.135. The number of Topliss-reactive ketones (excluding diaryl/α,β-unsaturated/α-hetero) is 1. The van der Waals surface area contributed by atoms with E-state index in [-0.39, 0.29) is 11.1 Å². The van der Waals surface area contributed by atoms with Crippen LogP contribution in [0.3, 0.4) is 0 Å². The molecule has 0 radical (unpaired) electrons. The second-order valence-electron chi connectivity index (χ2n) is 7.93. The number of carbonyl (C=O) groups is 1. The first-order chi connectivity index (χ1) is 15.3. The average molecular weight is 457 g/mol. The van der Waals surface area contributed by atoms with Crippen LogP contribution in [-0.4, -0.2) is 55.4 Å². The number of hydrogen-bond acceptors (Lipinski definition) is 9. The lowest BCUT2D eigenvalue weighted by Gasteiger charge is -2.32. The van der Waals surface area contributed by atoms with E-state index in [0.717, 1.165) is 42.9 Å². The molecule has 1 saturated heterocycles. The Morgan fingerprint density at radius 3 is 2.69 bits per heavy atom. The van der Waals surface area contributed by atoms with E-state index in [2.05, 4.69) is 30.2 Å². The number of nitrogens with two attached hydrogens (primary N) is 1. The molecular formula is C21H25ClN8O2. The van der Waals surface area contributed by atoms with E-state index < -0.39 is 0 Å². The first-order valence-corrected chi connectivity index (χ1v) is 10.7. The predicted octanol–water partition coefficient (Wildman–Crippen LogP) is 2.71. The maximum atomic E-state index is 11.7. The summed E-state index contributed by atoms with van der Waals surface area (Å²) >= 11 is 5.99. The van der Waals surface area contributed by atoms with Crippen molar-refractivity contribution in [1.29, 1.82) is 0 Å². The molecule has 4 rings (SSSR count). The molecule has 1 aliphatic rings. The molecule has 0 atom stereocenters. The highest BCUT2D eigenvalue weighted by Gasteiger charge is 2.23. The van der Waals surface area contributed by atoms with E-state index in [1.165, 1.54) is 6.92 Å². The number of piperidine rings is 1. The van der Waals surface area contributed by atoms with Crippen molar-refractivity contribution in [2.24, 2.45) is 13.0 Å². The van der Waals surface area contributed by atoms with Crippen molar-refractivity contribution in [3.63, 3.8) is 0 Å². The summed E-state index contributed by atoms with van der Waals surface area (Å²) in [7, 11) is 1.84. The van der Waals surface area contributed by atoms with Crippen molar-refractivity contribution in [3.05, 3.63) is 35.0 Å². The van der Waals surface area contributed by atoms with Crippen molar-refractivity contribution in [1.82, 2.24) is 29.9 Å². The smallest absolute Gasteiger partial charge is 0.224 e. The Labute approximate surface area is 190 Å². The van der Waals surface area contributed by atoms with Gasteiger partial charge < -0.3 is 15.4 Å². The number of halogens is 1. The van der Waals surface area contributed by atoms with E-state index >= 15 is 0 Å². The second-order valence-corrected chi connectivity index (χ2v) is 8.27. The fourth-order valence-electron chi connectivity index (χ4n) is 3.66. The minimum absolute atomic E-state index is 0.0827. The lowest BCUT2D eigenvalue weighted by Crippen LogP contribution is -2.36. The molecule has 168 valence electrons. The van der Waals surface area contributed by atoms with Gasteiger partial charge in [-0.2, -0.15) is 0 Å². The van der Waals surface area contributed by atoms with Gasteiger partial charge in [-0.3, -0.25) is 9.48 Å². The Balaban J connectivity index is 1.38. The van der Waals surface area contributed by atoms with Crippen LogP contribution in [0.4, 0.5) is 11.6 Å². The molecule has 3 aromatic rings. The van der Waals surface area contributed by atoms with Gasteiger partial charge >= 0.3 is 0 Å². The Morgan fingerprint density at radius 2 is 2.03 bits per heavy atom. The summed E-state index contributed by atoms with van der Waals surface area (Å²) < 4.78 is 7.76. The maximum Gasteiger partial charge on any atom is 0.224 e. The number of rotatable bonds is 6. The number of nitrogens with zero attached hydrogens (tertiary/aromatic N) is 7. The van der Waals surface area contributed by atoms with Crippen LogP contribution in [0.15, 0.2) is 18.3 Å². The van der Waals surface area contributed by atoms with E-state index in [4.69, 9.17) is 22.1 Å². The highest BCUT2D eigenvalue weighted by atomic mass is 35.5. The Kier molecular flexibility index (Phi) is 6.22. The molecule has 0 bridgehead atoms. The number of pyridine rings is 1. The van der Waals surface area contributed by atoms with Crippen molar-refractivity contribution in [2.45, 2.75) is 26.7 Å². The van der Waals surface area contributed by atoms with E-state index in [9.17, 15) is 4.79 Å². The van der Waals surface area contributed by atoms with Crippen molar-refractivity contribution < 1.29 is 9.53 Å². The third kappa shape index (κ3) is 4.64. The van der Waals surface area contributed by atoms with Crippen molar-refractivity contribution in [3.8, 4) is 17.0 Å². The van der Waals surface area contributed by atoms with Gasteiger partial charge in [0.25, 0.3) is 0 Å².